The number of carbonyl (C=O) groups is 2. The Morgan fingerprint density at radius 2 is 1.50 bits per heavy atom. The van der Waals surface area contributed by atoms with Crippen LogP contribution < -0.4 is 0 Å². The summed E-state index contributed by atoms with van der Waals surface area (Å²) in [6, 6.07) is 0. The van der Waals surface area contributed by atoms with Crippen molar-refractivity contribution < 1.29 is 23.8 Å². The molecule has 0 unspecified atom stereocenters. The van der Waals surface area contributed by atoms with E-state index in [2.05, 4.69) is 0 Å². The molecule has 0 aromatic heterocycles. The number of ether oxygens (including phenoxy) is 3. The SMILES string of the molecule is CCOC(=O)C1(C(=O)OCC)CCOCC1. The van der Waals surface area contributed by atoms with Gasteiger partial charge in [0.1, 0.15) is 0 Å². The van der Waals surface area contributed by atoms with E-state index in [-0.39, 0.29) is 13.2 Å². The maximum atomic E-state index is 11.9. The Morgan fingerprint density at radius 1 is 1.06 bits per heavy atom. The normalized spacial score (nSPS) is 18.9. The number of rotatable bonds is 4. The summed E-state index contributed by atoms with van der Waals surface area (Å²) < 4.78 is 15.1. The van der Waals surface area contributed by atoms with Gasteiger partial charge in [0.25, 0.3) is 0 Å². The lowest BCUT2D eigenvalue weighted by Crippen LogP contribution is -2.46. The molecule has 1 fully saturated rings. The van der Waals surface area contributed by atoms with E-state index in [1.165, 1.54) is 0 Å². The van der Waals surface area contributed by atoms with Gasteiger partial charge in [0.15, 0.2) is 5.41 Å². The quantitative estimate of drug-likeness (QED) is 0.530. The molecule has 1 aliphatic heterocycles. The Bertz CT molecular complexity index is 235. The monoisotopic (exact) mass is 230 g/mol. The van der Waals surface area contributed by atoms with E-state index < -0.39 is 17.4 Å². The predicted molar refractivity (Wildman–Crippen MR) is 55.8 cm³/mol. The van der Waals surface area contributed by atoms with Crippen molar-refractivity contribution in [3.8, 4) is 0 Å². The summed E-state index contributed by atoms with van der Waals surface area (Å²) in [6.45, 7) is 4.74. The van der Waals surface area contributed by atoms with Crippen LogP contribution in [0.15, 0.2) is 0 Å². The fraction of sp³-hybridized carbons (Fsp3) is 0.818. The molecule has 0 aromatic carbocycles. The van der Waals surface area contributed by atoms with Crippen molar-refractivity contribution in [2.24, 2.45) is 5.41 Å². The molecular formula is C11H18O5. The van der Waals surface area contributed by atoms with Gasteiger partial charge in [-0.3, -0.25) is 9.59 Å². The van der Waals surface area contributed by atoms with Gasteiger partial charge in [0.05, 0.1) is 13.2 Å². The highest BCUT2D eigenvalue weighted by atomic mass is 16.6. The van der Waals surface area contributed by atoms with Crippen LogP contribution in [0.4, 0.5) is 0 Å². The van der Waals surface area contributed by atoms with E-state index in [0.29, 0.717) is 26.1 Å². The van der Waals surface area contributed by atoms with Gasteiger partial charge < -0.3 is 14.2 Å². The Labute approximate surface area is 95.0 Å². The van der Waals surface area contributed by atoms with Crippen molar-refractivity contribution in [1.29, 1.82) is 0 Å². The van der Waals surface area contributed by atoms with Crippen molar-refractivity contribution in [2.45, 2.75) is 26.7 Å². The highest BCUT2D eigenvalue weighted by molar-refractivity contribution is 6.00. The number of hydrogen-bond acceptors (Lipinski definition) is 5. The van der Waals surface area contributed by atoms with E-state index in [9.17, 15) is 9.59 Å². The first kappa shape index (κ1) is 13.0. The second-order valence-corrected chi connectivity index (χ2v) is 3.64. The topological polar surface area (TPSA) is 61.8 Å². The van der Waals surface area contributed by atoms with Crippen molar-refractivity contribution >= 4 is 11.9 Å². The average molecular weight is 230 g/mol. The summed E-state index contributed by atoms with van der Waals surface area (Å²) in [5.74, 6) is -0.978. The molecule has 1 aliphatic rings. The minimum Gasteiger partial charge on any atom is -0.465 e. The molecule has 1 rings (SSSR count). The van der Waals surface area contributed by atoms with Gasteiger partial charge in [-0.15, -0.1) is 0 Å². The van der Waals surface area contributed by atoms with E-state index in [1.807, 2.05) is 0 Å². The van der Waals surface area contributed by atoms with Crippen LogP contribution in [0.5, 0.6) is 0 Å². The van der Waals surface area contributed by atoms with Gasteiger partial charge in [-0.25, -0.2) is 0 Å². The first-order chi connectivity index (χ1) is 7.67. The molecule has 1 heterocycles. The summed E-state index contributed by atoms with van der Waals surface area (Å²) in [7, 11) is 0. The lowest BCUT2D eigenvalue weighted by molar-refractivity contribution is -0.178. The van der Waals surface area contributed by atoms with Crippen molar-refractivity contribution in [3.05, 3.63) is 0 Å². The van der Waals surface area contributed by atoms with Crippen molar-refractivity contribution in [1.82, 2.24) is 0 Å². The molecule has 16 heavy (non-hydrogen) atoms. The van der Waals surface area contributed by atoms with E-state index in [4.69, 9.17) is 14.2 Å². The molecule has 92 valence electrons. The molecule has 1 saturated heterocycles. The molecule has 0 radical (unpaired) electrons. The molecule has 0 bridgehead atoms. The van der Waals surface area contributed by atoms with Gasteiger partial charge in [0, 0.05) is 13.2 Å². The summed E-state index contributed by atoms with van der Waals surface area (Å²) in [6.07, 6.45) is 0.676. The Hall–Kier alpha value is -1.10. The average Bonchev–Trinajstić information content (AvgIpc) is 2.30. The summed E-state index contributed by atoms with van der Waals surface area (Å²) in [4.78, 5) is 23.7. The second kappa shape index (κ2) is 5.84. The zero-order valence-corrected chi connectivity index (χ0v) is 9.78. The van der Waals surface area contributed by atoms with E-state index >= 15 is 0 Å². The van der Waals surface area contributed by atoms with Crippen molar-refractivity contribution in [3.63, 3.8) is 0 Å². The highest BCUT2D eigenvalue weighted by Gasteiger charge is 2.49. The molecule has 0 amide bonds. The van der Waals surface area contributed by atoms with Gasteiger partial charge >= 0.3 is 11.9 Å². The third-order valence-electron chi connectivity index (χ3n) is 2.68. The standard InChI is InChI=1S/C11H18O5/c1-3-15-9(12)11(10(13)16-4-2)5-7-14-8-6-11/h3-8H2,1-2H3. The van der Waals surface area contributed by atoms with Crippen LogP contribution in [0.3, 0.4) is 0 Å². The van der Waals surface area contributed by atoms with Gasteiger partial charge in [-0.2, -0.15) is 0 Å². The van der Waals surface area contributed by atoms with Crippen LogP contribution in [0.2, 0.25) is 0 Å². The van der Waals surface area contributed by atoms with Crippen molar-refractivity contribution in [2.75, 3.05) is 26.4 Å². The van der Waals surface area contributed by atoms with Gasteiger partial charge in [-0.1, -0.05) is 0 Å². The number of hydrogen-bond donors (Lipinski definition) is 0. The van der Waals surface area contributed by atoms with Crippen LogP contribution in [0.1, 0.15) is 26.7 Å². The molecule has 5 heteroatoms. The molecule has 0 aliphatic carbocycles. The van der Waals surface area contributed by atoms with E-state index in [1.54, 1.807) is 13.8 Å². The minimum absolute atomic E-state index is 0.265. The van der Waals surface area contributed by atoms with Crippen LogP contribution >= 0.6 is 0 Å². The molecule has 0 aromatic rings. The first-order valence-corrected chi connectivity index (χ1v) is 5.59. The Kier molecular flexibility index (Phi) is 4.73. The van der Waals surface area contributed by atoms with Gasteiger partial charge in [0.2, 0.25) is 0 Å². The zero-order valence-electron chi connectivity index (χ0n) is 9.78. The molecule has 0 saturated carbocycles. The summed E-state index contributed by atoms with van der Waals surface area (Å²) in [5.41, 5.74) is -1.15. The van der Waals surface area contributed by atoms with E-state index in [0.717, 1.165) is 0 Å². The Morgan fingerprint density at radius 3 is 1.88 bits per heavy atom. The molecule has 0 spiro atoms. The fourth-order valence-electron chi connectivity index (χ4n) is 1.75. The lowest BCUT2D eigenvalue weighted by atomic mass is 9.80. The van der Waals surface area contributed by atoms with Crippen LogP contribution in [-0.4, -0.2) is 38.4 Å². The first-order valence-electron chi connectivity index (χ1n) is 5.59. The summed E-state index contributed by atoms with van der Waals surface area (Å²) in [5, 5.41) is 0. The lowest BCUT2D eigenvalue weighted by Gasteiger charge is -2.32. The predicted octanol–water partition coefficient (Wildman–Crippen LogP) is 0.909. The minimum atomic E-state index is -1.15. The smallest absolute Gasteiger partial charge is 0.323 e. The van der Waals surface area contributed by atoms with Crippen LogP contribution in [0, 0.1) is 5.41 Å². The highest BCUT2D eigenvalue weighted by Crippen LogP contribution is 2.33. The molecule has 5 nitrogen and oxygen atoms in total. The fourth-order valence-corrected chi connectivity index (χ4v) is 1.75. The molecular weight excluding hydrogens is 212 g/mol. The second-order valence-electron chi connectivity index (χ2n) is 3.64. The zero-order chi connectivity index (χ0) is 12.0. The maximum absolute atomic E-state index is 11.9. The number of carbonyl (C=O) groups excluding carboxylic acids is 2. The maximum Gasteiger partial charge on any atom is 0.323 e. The summed E-state index contributed by atoms with van der Waals surface area (Å²) >= 11 is 0. The largest absolute Gasteiger partial charge is 0.465 e. The molecule has 0 atom stereocenters. The van der Waals surface area contributed by atoms with Crippen LogP contribution in [-0.2, 0) is 23.8 Å². The third-order valence-corrected chi connectivity index (χ3v) is 2.68. The Balaban J connectivity index is 2.82. The van der Waals surface area contributed by atoms with Crippen LogP contribution in [0.25, 0.3) is 0 Å². The third kappa shape index (κ3) is 2.52. The molecule has 0 N–H and O–H groups in total. The van der Waals surface area contributed by atoms with Gasteiger partial charge in [-0.05, 0) is 26.7 Å². The number of esters is 2.